The van der Waals surface area contributed by atoms with Gasteiger partial charge in [-0.1, -0.05) is 42.8 Å². The maximum atomic E-state index is 12.5. The molecule has 1 N–H and O–H groups in total. The Morgan fingerprint density at radius 3 is 2.36 bits per heavy atom. The van der Waals surface area contributed by atoms with Crippen molar-refractivity contribution in [1.82, 2.24) is 5.32 Å². The summed E-state index contributed by atoms with van der Waals surface area (Å²) < 4.78 is 4.94. The van der Waals surface area contributed by atoms with E-state index >= 15 is 0 Å². The van der Waals surface area contributed by atoms with Crippen molar-refractivity contribution >= 4 is 29.1 Å². The van der Waals surface area contributed by atoms with Crippen molar-refractivity contribution in [3.63, 3.8) is 0 Å². The molecule has 0 radical (unpaired) electrons. The van der Waals surface area contributed by atoms with Crippen molar-refractivity contribution < 1.29 is 19.1 Å². The Kier molecular flexibility index (Phi) is 4.98. The molecule has 116 valence electrons. The Balaban J connectivity index is 2.27. The second-order valence-electron chi connectivity index (χ2n) is 4.94. The fourth-order valence-corrected chi connectivity index (χ4v) is 2.40. The Bertz CT molecular complexity index is 666. The van der Waals surface area contributed by atoms with E-state index in [9.17, 15) is 14.4 Å². The van der Waals surface area contributed by atoms with E-state index in [1.165, 1.54) is 6.92 Å². The summed E-state index contributed by atoms with van der Waals surface area (Å²) in [5, 5.41) is 2.80. The lowest BCUT2D eigenvalue weighted by Crippen LogP contribution is -2.38. The first-order valence-corrected chi connectivity index (χ1v) is 7.31. The first-order valence-electron chi connectivity index (χ1n) is 6.93. The molecular formula is C16H16ClNO4. The largest absolute Gasteiger partial charge is 0.464 e. The Morgan fingerprint density at radius 2 is 1.82 bits per heavy atom. The molecule has 5 nitrogen and oxygen atoms in total. The summed E-state index contributed by atoms with van der Waals surface area (Å²) in [5.41, 5.74) is 0.683. The normalized spacial score (nSPS) is 15.4. The number of nitrogens with one attached hydrogen (secondary N) is 1. The number of esters is 1. The number of hydrogen-bond donors (Lipinski definition) is 1. The number of halogens is 1. The highest BCUT2D eigenvalue weighted by molar-refractivity contribution is 6.49. The van der Waals surface area contributed by atoms with Crippen LogP contribution in [0.3, 0.4) is 0 Å². The molecule has 1 aromatic rings. The second-order valence-corrected chi connectivity index (χ2v) is 5.32. The molecule has 0 saturated heterocycles. The number of rotatable bonds is 5. The molecule has 0 heterocycles. The first kappa shape index (κ1) is 16.2. The fourth-order valence-electron chi connectivity index (χ4n) is 2.16. The topological polar surface area (TPSA) is 72.5 Å². The number of benzene rings is 1. The van der Waals surface area contributed by atoms with Crippen LogP contribution in [0.15, 0.2) is 35.0 Å². The van der Waals surface area contributed by atoms with Crippen molar-refractivity contribution in [3.8, 4) is 0 Å². The number of hydrogen-bond acceptors (Lipinski definition) is 5. The first-order chi connectivity index (χ1) is 10.5. The number of ether oxygens (including phenoxy) is 1. The molecular weight excluding hydrogens is 306 g/mol. The molecule has 1 aliphatic rings. The average molecular weight is 322 g/mol. The zero-order chi connectivity index (χ0) is 16.3. The van der Waals surface area contributed by atoms with Gasteiger partial charge in [-0.2, -0.15) is 0 Å². The van der Waals surface area contributed by atoms with Crippen molar-refractivity contribution in [2.24, 2.45) is 0 Å². The van der Waals surface area contributed by atoms with Gasteiger partial charge in [0, 0.05) is 18.1 Å². The van der Waals surface area contributed by atoms with Gasteiger partial charge in [-0.3, -0.25) is 14.4 Å². The third-order valence-corrected chi connectivity index (χ3v) is 3.75. The minimum absolute atomic E-state index is 0.0596. The SMILES string of the molecule is CC[C@H](COC(C)=O)NC1=C(Cl)C(=O)c2ccccc2C1=O. The Hall–Kier alpha value is -2.14. The summed E-state index contributed by atoms with van der Waals surface area (Å²) in [6, 6.07) is 6.24. The highest BCUT2D eigenvalue weighted by Gasteiger charge is 2.32. The third kappa shape index (κ3) is 3.20. The van der Waals surface area contributed by atoms with Crippen LogP contribution in [0.4, 0.5) is 0 Å². The van der Waals surface area contributed by atoms with Gasteiger partial charge in [0.2, 0.25) is 11.6 Å². The quantitative estimate of drug-likeness (QED) is 0.843. The molecule has 6 heteroatoms. The second kappa shape index (κ2) is 6.75. The van der Waals surface area contributed by atoms with E-state index in [0.717, 1.165) is 0 Å². The molecule has 0 unspecified atom stereocenters. The average Bonchev–Trinajstić information content (AvgIpc) is 2.52. The Morgan fingerprint density at radius 1 is 1.23 bits per heavy atom. The third-order valence-electron chi connectivity index (χ3n) is 3.39. The van der Waals surface area contributed by atoms with Gasteiger partial charge in [-0.15, -0.1) is 0 Å². The van der Waals surface area contributed by atoms with Gasteiger partial charge in [0.05, 0.1) is 6.04 Å². The highest BCUT2D eigenvalue weighted by Crippen LogP contribution is 2.27. The number of carbonyl (C=O) groups excluding carboxylic acids is 3. The summed E-state index contributed by atoms with van der Waals surface area (Å²) in [6.45, 7) is 3.28. The Labute approximate surface area is 133 Å². The van der Waals surface area contributed by atoms with Crippen LogP contribution < -0.4 is 5.32 Å². The lowest BCUT2D eigenvalue weighted by molar-refractivity contribution is -0.141. The summed E-state index contributed by atoms with van der Waals surface area (Å²) in [6.07, 6.45) is 0.601. The lowest BCUT2D eigenvalue weighted by Gasteiger charge is -2.23. The number of carbonyl (C=O) groups is 3. The molecule has 0 spiro atoms. The smallest absolute Gasteiger partial charge is 0.302 e. The number of fused-ring (bicyclic) bond motifs is 1. The minimum Gasteiger partial charge on any atom is -0.464 e. The van der Waals surface area contributed by atoms with Crippen molar-refractivity contribution in [3.05, 3.63) is 46.1 Å². The highest BCUT2D eigenvalue weighted by atomic mass is 35.5. The summed E-state index contributed by atoms with van der Waals surface area (Å²) in [5.74, 6) is -1.13. The van der Waals surface area contributed by atoms with Gasteiger partial charge < -0.3 is 10.1 Å². The van der Waals surface area contributed by atoms with E-state index in [2.05, 4.69) is 5.32 Å². The van der Waals surface area contributed by atoms with Crippen LogP contribution in [0.5, 0.6) is 0 Å². The van der Waals surface area contributed by atoms with Crippen LogP contribution in [0.1, 0.15) is 41.0 Å². The zero-order valence-electron chi connectivity index (χ0n) is 12.3. The standard InChI is InChI=1S/C16H16ClNO4/c1-3-10(8-22-9(2)19)18-14-13(17)15(20)11-6-4-5-7-12(11)16(14)21/h4-7,10,18H,3,8H2,1-2H3/t10-/m1/s1. The fraction of sp³-hybridized carbons (Fsp3) is 0.312. The molecule has 0 aromatic heterocycles. The lowest BCUT2D eigenvalue weighted by atomic mass is 9.92. The monoisotopic (exact) mass is 321 g/mol. The van der Waals surface area contributed by atoms with Gasteiger partial charge in [0.25, 0.3) is 0 Å². The van der Waals surface area contributed by atoms with Crippen molar-refractivity contribution in [2.45, 2.75) is 26.3 Å². The van der Waals surface area contributed by atoms with Crippen LogP contribution in [0.2, 0.25) is 0 Å². The summed E-state index contributed by atoms with van der Waals surface area (Å²) in [7, 11) is 0. The molecule has 0 bridgehead atoms. The number of Topliss-reactive ketones (excluding diaryl/α,β-unsaturated/α-hetero) is 2. The van der Waals surface area contributed by atoms with Gasteiger partial charge in [-0.25, -0.2) is 0 Å². The van der Waals surface area contributed by atoms with Crippen molar-refractivity contribution in [1.29, 1.82) is 0 Å². The molecule has 22 heavy (non-hydrogen) atoms. The number of ketones is 2. The van der Waals surface area contributed by atoms with E-state index < -0.39 is 5.97 Å². The van der Waals surface area contributed by atoms with E-state index in [1.54, 1.807) is 24.3 Å². The zero-order valence-corrected chi connectivity index (χ0v) is 13.1. The van der Waals surface area contributed by atoms with Gasteiger partial charge in [-0.05, 0) is 6.42 Å². The molecule has 1 atom stereocenters. The molecule has 0 amide bonds. The molecule has 0 aliphatic heterocycles. The summed E-state index contributed by atoms with van der Waals surface area (Å²) >= 11 is 6.06. The summed E-state index contributed by atoms with van der Waals surface area (Å²) in [4.78, 5) is 35.6. The van der Waals surface area contributed by atoms with Gasteiger partial charge in [0.1, 0.15) is 17.3 Å². The van der Waals surface area contributed by atoms with Crippen LogP contribution in [0.25, 0.3) is 0 Å². The predicted octanol–water partition coefficient (Wildman–Crippen LogP) is 2.45. The predicted molar refractivity (Wildman–Crippen MR) is 81.8 cm³/mol. The minimum atomic E-state index is -0.406. The van der Waals surface area contributed by atoms with E-state index in [-0.39, 0.29) is 34.9 Å². The molecule has 0 saturated carbocycles. The van der Waals surface area contributed by atoms with Gasteiger partial charge in [0.15, 0.2) is 0 Å². The van der Waals surface area contributed by atoms with E-state index in [0.29, 0.717) is 17.5 Å². The molecule has 0 fully saturated rings. The van der Waals surface area contributed by atoms with E-state index in [1.807, 2.05) is 6.92 Å². The van der Waals surface area contributed by atoms with Crippen LogP contribution in [0, 0.1) is 0 Å². The van der Waals surface area contributed by atoms with Gasteiger partial charge >= 0.3 is 5.97 Å². The van der Waals surface area contributed by atoms with Crippen LogP contribution in [-0.4, -0.2) is 30.2 Å². The maximum Gasteiger partial charge on any atom is 0.302 e. The van der Waals surface area contributed by atoms with Crippen molar-refractivity contribution in [2.75, 3.05) is 6.61 Å². The molecule has 2 rings (SSSR count). The number of allylic oxidation sites excluding steroid dienone is 2. The van der Waals surface area contributed by atoms with Crippen LogP contribution >= 0.6 is 11.6 Å². The van der Waals surface area contributed by atoms with Crippen LogP contribution in [-0.2, 0) is 9.53 Å². The molecule has 1 aromatic carbocycles. The maximum absolute atomic E-state index is 12.5. The van der Waals surface area contributed by atoms with E-state index in [4.69, 9.17) is 16.3 Å². The molecule has 1 aliphatic carbocycles.